The topological polar surface area (TPSA) is 64.1 Å². The van der Waals surface area contributed by atoms with Crippen LogP contribution in [-0.4, -0.2) is 28.5 Å². The molecule has 0 saturated carbocycles. The number of carbonyl (C=O) groups is 1. The normalized spacial score (nSPS) is 20.2. The zero-order valence-corrected chi connectivity index (χ0v) is 8.70. The maximum absolute atomic E-state index is 11.5. The smallest absolute Gasteiger partial charge is 0.329 e. The summed E-state index contributed by atoms with van der Waals surface area (Å²) in [5.74, 6) is -0.129. The number of nitrogens with zero attached hydrogens (tertiary/aromatic N) is 2. The minimum absolute atomic E-state index is 0.0691. The number of esters is 1. The number of carbonyl (C=O) groups excluding carboxylic acids is 1. The van der Waals surface area contributed by atoms with Gasteiger partial charge in [0.2, 0.25) is 11.2 Å². The van der Waals surface area contributed by atoms with Crippen LogP contribution < -0.4 is 10.1 Å². The summed E-state index contributed by atoms with van der Waals surface area (Å²) in [4.78, 5) is 19.0. The van der Waals surface area contributed by atoms with Crippen LogP contribution in [0.25, 0.3) is 0 Å². The van der Waals surface area contributed by atoms with Crippen LogP contribution in [0, 0.1) is 0 Å². The minimum Gasteiger partial charge on any atom is -0.406 e. The number of rotatable bonds is 2. The molecule has 1 aliphatic rings. The van der Waals surface area contributed by atoms with Crippen LogP contribution in [0.3, 0.4) is 0 Å². The summed E-state index contributed by atoms with van der Waals surface area (Å²) in [6.07, 6.45) is 3.24. The quantitative estimate of drug-likeness (QED) is 0.598. The van der Waals surface area contributed by atoms with Gasteiger partial charge in [0.1, 0.15) is 6.04 Å². The highest BCUT2D eigenvalue weighted by molar-refractivity contribution is 6.28. The molecule has 1 N–H and O–H groups in total. The molecular formula is C9H10ClN3O2. The molecule has 1 saturated heterocycles. The van der Waals surface area contributed by atoms with E-state index in [2.05, 4.69) is 15.3 Å². The van der Waals surface area contributed by atoms with Crippen LogP contribution >= 0.6 is 11.6 Å². The van der Waals surface area contributed by atoms with Crippen molar-refractivity contribution in [2.75, 3.05) is 6.54 Å². The monoisotopic (exact) mass is 227 g/mol. The Bertz CT molecular complexity index is 366. The van der Waals surface area contributed by atoms with Gasteiger partial charge in [-0.3, -0.25) is 0 Å². The van der Waals surface area contributed by atoms with Gasteiger partial charge in [-0.25, -0.2) is 9.78 Å². The number of nitrogens with one attached hydrogen (secondary N) is 1. The van der Waals surface area contributed by atoms with E-state index in [0.717, 1.165) is 19.4 Å². The molecule has 6 heteroatoms. The largest absolute Gasteiger partial charge is 0.406 e. The molecule has 1 fully saturated rings. The van der Waals surface area contributed by atoms with Gasteiger partial charge in [-0.1, -0.05) is 0 Å². The fraction of sp³-hybridized carbons (Fsp3) is 0.444. The second-order valence-electron chi connectivity index (χ2n) is 3.23. The van der Waals surface area contributed by atoms with Crippen LogP contribution in [0.5, 0.6) is 5.88 Å². The Hall–Kier alpha value is -1.20. The van der Waals surface area contributed by atoms with E-state index in [1.807, 2.05) is 0 Å². The van der Waals surface area contributed by atoms with E-state index in [0.29, 0.717) is 0 Å². The summed E-state index contributed by atoms with van der Waals surface area (Å²) in [5.41, 5.74) is 0. The van der Waals surface area contributed by atoms with Gasteiger partial charge in [-0.2, -0.15) is 4.98 Å². The van der Waals surface area contributed by atoms with Crippen molar-refractivity contribution >= 4 is 17.6 Å². The first kappa shape index (κ1) is 10.3. The summed E-state index contributed by atoms with van der Waals surface area (Å²) < 4.78 is 5.04. The number of halogens is 1. The molecule has 1 aromatic heterocycles. The zero-order valence-electron chi connectivity index (χ0n) is 7.94. The highest BCUT2D eigenvalue weighted by Gasteiger charge is 2.24. The molecule has 0 amide bonds. The molecule has 0 radical (unpaired) electrons. The van der Waals surface area contributed by atoms with Crippen molar-refractivity contribution in [2.24, 2.45) is 0 Å². The lowest BCUT2D eigenvalue weighted by Gasteiger charge is -2.08. The van der Waals surface area contributed by atoms with Gasteiger partial charge in [0.15, 0.2) is 0 Å². The number of hydrogen-bond donors (Lipinski definition) is 1. The van der Waals surface area contributed by atoms with E-state index in [1.54, 1.807) is 0 Å². The van der Waals surface area contributed by atoms with E-state index >= 15 is 0 Å². The Morgan fingerprint density at radius 1 is 1.67 bits per heavy atom. The molecule has 0 bridgehead atoms. The Labute approximate surface area is 91.8 Å². The van der Waals surface area contributed by atoms with Gasteiger partial charge < -0.3 is 10.1 Å². The van der Waals surface area contributed by atoms with Gasteiger partial charge in [-0.05, 0) is 31.0 Å². The van der Waals surface area contributed by atoms with Crippen molar-refractivity contribution < 1.29 is 9.53 Å². The molecule has 1 aromatic rings. The van der Waals surface area contributed by atoms with Gasteiger partial charge in [0, 0.05) is 12.3 Å². The Balaban J connectivity index is 1.99. The van der Waals surface area contributed by atoms with Crippen molar-refractivity contribution in [3.8, 4) is 5.88 Å². The van der Waals surface area contributed by atoms with Gasteiger partial charge >= 0.3 is 5.97 Å². The average molecular weight is 228 g/mol. The SMILES string of the molecule is O=C(Oc1ccnc(Cl)n1)C1CCCN1. The number of hydrogen-bond acceptors (Lipinski definition) is 5. The third-order valence-electron chi connectivity index (χ3n) is 2.15. The fourth-order valence-corrected chi connectivity index (χ4v) is 1.58. The highest BCUT2D eigenvalue weighted by atomic mass is 35.5. The van der Waals surface area contributed by atoms with Crippen LogP contribution in [0.15, 0.2) is 12.3 Å². The van der Waals surface area contributed by atoms with Crippen LogP contribution in [0.4, 0.5) is 0 Å². The summed E-state index contributed by atoms with van der Waals surface area (Å²) in [6.45, 7) is 0.851. The zero-order chi connectivity index (χ0) is 10.7. The first-order valence-electron chi connectivity index (χ1n) is 4.69. The fourth-order valence-electron chi connectivity index (χ4n) is 1.44. The van der Waals surface area contributed by atoms with E-state index < -0.39 is 0 Å². The third kappa shape index (κ3) is 2.64. The molecule has 0 aromatic carbocycles. The third-order valence-corrected chi connectivity index (χ3v) is 2.33. The van der Waals surface area contributed by atoms with E-state index in [1.165, 1.54) is 12.3 Å². The molecule has 15 heavy (non-hydrogen) atoms. The summed E-state index contributed by atoms with van der Waals surface area (Å²) in [5, 5.41) is 3.11. The molecular weight excluding hydrogens is 218 g/mol. The average Bonchev–Trinajstić information content (AvgIpc) is 2.70. The van der Waals surface area contributed by atoms with Gasteiger partial charge in [0.25, 0.3) is 0 Å². The molecule has 80 valence electrons. The lowest BCUT2D eigenvalue weighted by molar-refractivity contribution is -0.136. The Morgan fingerprint density at radius 3 is 3.20 bits per heavy atom. The maximum atomic E-state index is 11.5. The second-order valence-corrected chi connectivity index (χ2v) is 3.57. The van der Waals surface area contributed by atoms with Crippen LogP contribution in [-0.2, 0) is 4.79 Å². The number of ether oxygens (including phenoxy) is 1. The summed E-state index contributed by atoms with van der Waals surface area (Å²) in [6, 6.07) is 1.28. The van der Waals surface area contributed by atoms with Crippen LogP contribution in [0.2, 0.25) is 5.28 Å². The summed E-state index contributed by atoms with van der Waals surface area (Å²) >= 11 is 5.56. The Kier molecular flexibility index (Phi) is 3.13. The van der Waals surface area contributed by atoms with E-state index in [4.69, 9.17) is 16.3 Å². The summed E-state index contributed by atoms with van der Waals surface area (Å²) in [7, 11) is 0. The van der Waals surface area contributed by atoms with Crippen LogP contribution in [0.1, 0.15) is 12.8 Å². The highest BCUT2D eigenvalue weighted by Crippen LogP contribution is 2.12. The van der Waals surface area contributed by atoms with Crippen molar-refractivity contribution in [3.05, 3.63) is 17.5 Å². The molecule has 1 unspecified atom stereocenters. The lowest BCUT2D eigenvalue weighted by atomic mass is 10.2. The molecule has 0 aliphatic carbocycles. The van der Waals surface area contributed by atoms with E-state index in [9.17, 15) is 4.79 Å². The molecule has 5 nitrogen and oxygen atoms in total. The predicted octanol–water partition coefficient (Wildman–Crippen LogP) is 0.787. The molecule has 2 heterocycles. The van der Waals surface area contributed by atoms with Crippen molar-refractivity contribution in [2.45, 2.75) is 18.9 Å². The molecule has 1 atom stereocenters. The molecule has 0 spiro atoms. The van der Waals surface area contributed by atoms with Gasteiger partial charge in [-0.15, -0.1) is 0 Å². The first-order chi connectivity index (χ1) is 7.25. The number of aromatic nitrogens is 2. The standard InChI is InChI=1S/C9H10ClN3O2/c10-9-12-5-3-7(13-9)15-8(14)6-2-1-4-11-6/h3,5-6,11H,1-2,4H2. The molecule has 1 aliphatic heterocycles. The maximum Gasteiger partial charge on any atom is 0.329 e. The predicted molar refractivity (Wildman–Crippen MR) is 53.7 cm³/mol. The van der Waals surface area contributed by atoms with Crippen molar-refractivity contribution in [3.63, 3.8) is 0 Å². The minimum atomic E-state index is -0.317. The molecule has 2 rings (SSSR count). The lowest BCUT2D eigenvalue weighted by Crippen LogP contribution is -2.34. The second kappa shape index (κ2) is 4.55. The van der Waals surface area contributed by atoms with Gasteiger partial charge in [0.05, 0.1) is 0 Å². The van der Waals surface area contributed by atoms with E-state index in [-0.39, 0.29) is 23.2 Å². The van der Waals surface area contributed by atoms with Crippen molar-refractivity contribution in [1.82, 2.24) is 15.3 Å². The van der Waals surface area contributed by atoms with Crippen molar-refractivity contribution in [1.29, 1.82) is 0 Å². The Morgan fingerprint density at radius 2 is 2.53 bits per heavy atom. The first-order valence-corrected chi connectivity index (χ1v) is 5.07.